The SMILES string of the molecule is COC(=O)[C@@H]1[C@H]2C(=O)N(c3ccc(Cl)c(Cl)c3)C(=O)[C@@]12C. The van der Waals surface area contributed by atoms with Crippen molar-refractivity contribution in [3.05, 3.63) is 28.2 Å². The van der Waals surface area contributed by atoms with Crippen LogP contribution in [0.3, 0.4) is 0 Å². The third kappa shape index (κ3) is 1.74. The van der Waals surface area contributed by atoms with Gasteiger partial charge in [0.2, 0.25) is 11.8 Å². The minimum atomic E-state index is -1.02. The summed E-state index contributed by atoms with van der Waals surface area (Å²) in [6.07, 6.45) is 0. The molecule has 0 spiro atoms. The number of benzene rings is 1. The van der Waals surface area contributed by atoms with Crippen LogP contribution < -0.4 is 4.90 Å². The molecule has 0 N–H and O–H groups in total. The molecule has 2 amide bonds. The molecular formula is C14H11Cl2NO4. The van der Waals surface area contributed by atoms with E-state index in [-0.39, 0.29) is 5.02 Å². The fraction of sp³-hybridized carbons (Fsp3) is 0.357. The van der Waals surface area contributed by atoms with Crippen LogP contribution >= 0.6 is 23.2 Å². The minimum Gasteiger partial charge on any atom is -0.469 e. The number of amides is 2. The molecule has 0 radical (unpaired) electrons. The van der Waals surface area contributed by atoms with Crippen molar-refractivity contribution >= 4 is 46.7 Å². The average molecular weight is 328 g/mol. The molecule has 5 nitrogen and oxygen atoms in total. The van der Waals surface area contributed by atoms with Crippen molar-refractivity contribution in [1.29, 1.82) is 0 Å². The highest BCUT2D eigenvalue weighted by Crippen LogP contribution is 2.65. The molecule has 2 aliphatic rings. The number of carbonyl (C=O) groups is 3. The summed E-state index contributed by atoms with van der Waals surface area (Å²) in [5, 5.41) is 0.591. The third-order valence-electron chi connectivity index (χ3n) is 4.28. The molecule has 1 saturated heterocycles. The molecule has 7 heteroatoms. The van der Waals surface area contributed by atoms with E-state index in [1.807, 2.05) is 0 Å². The van der Waals surface area contributed by atoms with Gasteiger partial charge in [-0.05, 0) is 25.1 Å². The Kier molecular flexibility index (Phi) is 3.04. The first-order valence-electron chi connectivity index (χ1n) is 6.25. The summed E-state index contributed by atoms with van der Waals surface area (Å²) < 4.78 is 4.65. The molecule has 3 rings (SSSR count). The number of rotatable bonds is 2. The third-order valence-corrected chi connectivity index (χ3v) is 5.02. The molecule has 110 valence electrons. The maximum atomic E-state index is 12.5. The van der Waals surface area contributed by atoms with E-state index in [0.29, 0.717) is 10.7 Å². The van der Waals surface area contributed by atoms with E-state index in [1.165, 1.54) is 19.2 Å². The Bertz CT molecular complexity index is 690. The van der Waals surface area contributed by atoms with E-state index in [0.717, 1.165) is 4.90 Å². The number of hydrogen-bond donors (Lipinski definition) is 0. The zero-order chi connectivity index (χ0) is 15.5. The van der Waals surface area contributed by atoms with Crippen LogP contribution in [0.2, 0.25) is 10.0 Å². The van der Waals surface area contributed by atoms with Gasteiger partial charge in [0.15, 0.2) is 0 Å². The Morgan fingerprint density at radius 3 is 2.43 bits per heavy atom. The van der Waals surface area contributed by atoms with Gasteiger partial charge in [-0.25, -0.2) is 4.90 Å². The molecule has 0 aromatic heterocycles. The van der Waals surface area contributed by atoms with E-state index in [1.54, 1.807) is 13.0 Å². The van der Waals surface area contributed by atoms with Crippen molar-refractivity contribution < 1.29 is 19.1 Å². The van der Waals surface area contributed by atoms with Gasteiger partial charge in [0.25, 0.3) is 0 Å². The molecule has 1 aromatic rings. The lowest BCUT2D eigenvalue weighted by Gasteiger charge is -2.20. The number of anilines is 1. The Balaban J connectivity index is 1.96. The lowest BCUT2D eigenvalue weighted by molar-refractivity contribution is -0.146. The van der Waals surface area contributed by atoms with Crippen molar-refractivity contribution in [2.24, 2.45) is 17.3 Å². The first kappa shape index (κ1) is 14.4. The molecule has 1 aromatic carbocycles. The van der Waals surface area contributed by atoms with Crippen molar-refractivity contribution in [1.82, 2.24) is 0 Å². The van der Waals surface area contributed by atoms with Crippen LogP contribution in [-0.2, 0) is 19.1 Å². The van der Waals surface area contributed by atoms with Gasteiger partial charge in [-0.3, -0.25) is 14.4 Å². The second-order valence-corrected chi connectivity index (χ2v) is 6.15. The van der Waals surface area contributed by atoms with Crippen LogP contribution in [0.1, 0.15) is 6.92 Å². The number of piperidine rings is 1. The number of ether oxygens (including phenoxy) is 1. The number of nitrogens with zero attached hydrogens (tertiary/aromatic N) is 1. The van der Waals surface area contributed by atoms with Crippen molar-refractivity contribution in [2.75, 3.05) is 12.0 Å². The number of carbonyl (C=O) groups excluding carboxylic acids is 3. The van der Waals surface area contributed by atoms with Gasteiger partial charge in [-0.15, -0.1) is 0 Å². The summed E-state index contributed by atoms with van der Waals surface area (Å²) in [6.45, 7) is 1.61. The molecule has 2 fully saturated rings. The molecular weight excluding hydrogens is 317 g/mol. The Hall–Kier alpha value is -1.59. The van der Waals surface area contributed by atoms with Crippen LogP contribution in [0.15, 0.2) is 18.2 Å². The van der Waals surface area contributed by atoms with Gasteiger partial charge < -0.3 is 4.74 Å². The molecule has 0 unspecified atom stereocenters. The Morgan fingerprint density at radius 1 is 1.29 bits per heavy atom. The highest BCUT2D eigenvalue weighted by atomic mass is 35.5. The van der Waals surface area contributed by atoms with Gasteiger partial charge in [0.1, 0.15) is 0 Å². The highest BCUT2D eigenvalue weighted by Gasteiger charge is 2.79. The largest absolute Gasteiger partial charge is 0.469 e. The van der Waals surface area contributed by atoms with Crippen molar-refractivity contribution in [3.8, 4) is 0 Å². The monoisotopic (exact) mass is 327 g/mol. The van der Waals surface area contributed by atoms with Gasteiger partial charge >= 0.3 is 5.97 Å². The first-order valence-corrected chi connectivity index (χ1v) is 7.01. The van der Waals surface area contributed by atoms with Gasteiger partial charge in [0.05, 0.1) is 40.1 Å². The quantitative estimate of drug-likeness (QED) is 0.617. The molecule has 3 atom stereocenters. The molecule has 1 aliphatic heterocycles. The smallest absolute Gasteiger partial charge is 0.310 e. The Labute approximate surface area is 130 Å². The van der Waals surface area contributed by atoms with E-state index in [4.69, 9.17) is 23.2 Å². The van der Waals surface area contributed by atoms with Gasteiger partial charge in [0, 0.05) is 0 Å². The fourth-order valence-electron chi connectivity index (χ4n) is 3.03. The van der Waals surface area contributed by atoms with Crippen LogP contribution in [0, 0.1) is 17.3 Å². The summed E-state index contributed by atoms with van der Waals surface area (Å²) in [5.41, 5.74) is -0.660. The highest BCUT2D eigenvalue weighted by molar-refractivity contribution is 6.42. The maximum Gasteiger partial charge on any atom is 0.310 e. The van der Waals surface area contributed by atoms with E-state index < -0.39 is 35.0 Å². The van der Waals surface area contributed by atoms with E-state index >= 15 is 0 Å². The zero-order valence-corrected chi connectivity index (χ0v) is 12.7. The van der Waals surface area contributed by atoms with Gasteiger partial charge in [-0.2, -0.15) is 0 Å². The second-order valence-electron chi connectivity index (χ2n) is 5.34. The molecule has 0 bridgehead atoms. The summed E-state index contributed by atoms with van der Waals surface area (Å²) in [6, 6.07) is 4.52. The predicted molar refractivity (Wildman–Crippen MR) is 76.1 cm³/mol. The fourth-order valence-corrected chi connectivity index (χ4v) is 3.33. The maximum absolute atomic E-state index is 12.5. The van der Waals surface area contributed by atoms with Crippen molar-refractivity contribution in [3.63, 3.8) is 0 Å². The lowest BCUT2D eigenvalue weighted by Crippen LogP contribution is -2.38. The summed E-state index contributed by atoms with van der Waals surface area (Å²) >= 11 is 11.7. The Morgan fingerprint density at radius 2 is 1.95 bits per heavy atom. The van der Waals surface area contributed by atoms with Crippen molar-refractivity contribution in [2.45, 2.75) is 6.92 Å². The normalized spacial score (nSPS) is 30.4. The molecule has 1 heterocycles. The van der Waals surface area contributed by atoms with Gasteiger partial charge in [-0.1, -0.05) is 23.2 Å². The van der Waals surface area contributed by atoms with Crippen LogP contribution in [0.25, 0.3) is 0 Å². The molecule has 1 saturated carbocycles. The van der Waals surface area contributed by atoms with E-state index in [2.05, 4.69) is 4.74 Å². The molecule has 21 heavy (non-hydrogen) atoms. The number of fused-ring (bicyclic) bond motifs is 1. The van der Waals surface area contributed by atoms with E-state index in [9.17, 15) is 14.4 Å². The number of methoxy groups -OCH3 is 1. The number of hydrogen-bond acceptors (Lipinski definition) is 4. The second kappa shape index (κ2) is 4.45. The standard InChI is InChI=1S/C14H11Cl2NO4/c1-14-9(10(14)12(19)21-2)11(18)17(13(14)20)6-3-4-7(15)8(16)5-6/h3-5,9-10H,1-2H3/t9-,10-,14+/m0/s1. The lowest BCUT2D eigenvalue weighted by atomic mass is 10.1. The first-order chi connectivity index (χ1) is 9.83. The average Bonchev–Trinajstić information content (AvgIpc) is 3.03. The predicted octanol–water partition coefficient (Wildman–Crippen LogP) is 2.29. The molecule has 1 aliphatic carbocycles. The number of halogens is 2. The van der Waals surface area contributed by atoms with Crippen LogP contribution in [-0.4, -0.2) is 24.9 Å². The number of esters is 1. The van der Waals surface area contributed by atoms with Crippen LogP contribution in [0.4, 0.5) is 5.69 Å². The summed E-state index contributed by atoms with van der Waals surface area (Å²) in [4.78, 5) is 37.6. The topological polar surface area (TPSA) is 63.7 Å². The summed E-state index contributed by atoms with van der Waals surface area (Å²) in [5.74, 6) is -2.70. The van der Waals surface area contributed by atoms with Crippen LogP contribution in [0.5, 0.6) is 0 Å². The summed E-state index contributed by atoms with van der Waals surface area (Å²) in [7, 11) is 1.24. The minimum absolute atomic E-state index is 0.255. The zero-order valence-electron chi connectivity index (χ0n) is 11.2. The number of imide groups is 1.